The number of hydrogen-bond donors (Lipinski definition) is 2. The lowest BCUT2D eigenvalue weighted by Gasteiger charge is -2.10. The molecule has 0 aliphatic rings. The fourth-order valence-corrected chi connectivity index (χ4v) is 2.95. The summed E-state index contributed by atoms with van der Waals surface area (Å²) in [5.41, 5.74) is 1.31. The number of halogens is 1. The number of nitriles is 1. The van der Waals surface area contributed by atoms with Gasteiger partial charge in [0.15, 0.2) is 0 Å². The highest BCUT2D eigenvalue weighted by atomic mass is 35.5. The van der Waals surface area contributed by atoms with Gasteiger partial charge >= 0.3 is 6.01 Å². The third-order valence-electron chi connectivity index (χ3n) is 4.12. The van der Waals surface area contributed by atoms with Crippen molar-refractivity contribution < 1.29 is 4.74 Å². The number of rotatable bonds is 5. The van der Waals surface area contributed by atoms with E-state index in [1.165, 1.54) is 0 Å². The van der Waals surface area contributed by atoms with Crippen LogP contribution in [-0.2, 0) is 0 Å². The second-order valence-electron chi connectivity index (χ2n) is 6.05. The molecule has 0 aliphatic heterocycles. The van der Waals surface area contributed by atoms with Gasteiger partial charge in [0, 0.05) is 23.1 Å². The quantitative estimate of drug-likeness (QED) is 0.477. The van der Waals surface area contributed by atoms with Gasteiger partial charge in [-0.25, -0.2) is 0 Å². The van der Waals surface area contributed by atoms with Crippen molar-refractivity contribution >= 4 is 40.0 Å². The van der Waals surface area contributed by atoms with E-state index in [1.54, 1.807) is 31.3 Å². The van der Waals surface area contributed by atoms with Gasteiger partial charge in [-0.1, -0.05) is 29.8 Å². The van der Waals surface area contributed by atoms with Crippen LogP contribution in [0, 0.1) is 11.3 Å². The number of hydrogen-bond acceptors (Lipinski definition) is 7. The minimum absolute atomic E-state index is 0.131. The highest BCUT2D eigenvalue weighted by molar-refractivity contribution is 6.35. The topological polar surface area (TPSA) is 95.8 Å². The first-order chi connectivity index (χ1) is 14.1. The zero-order chi connectivity index (χ0) is 20.2. The number of ether oxygens (including phenoxy) is 1. The molecule has 4 aromatic rings. The summed E-state index contributed by atoms with van der Waals surface area (Å²) in [6, 6.07) is 20.5. The Morgan fingerprint density at radius 2 is 1.76 bits per heavy atom. The van der Waals surface area contributed by atoms with Gasteiger partial charge < -0.3 is 15.4 Å². The Bertz CT molecular complexity index is 1220. The smallest absolute Gasteiger partial charge is 0.328 e. The second-order valence-corrected chi connectivity index (χ2v) is 6.46. The number of nitrogens with one attached hydrogen (secondary N) is 2. The maximum atomic E-state index is 8.91. The van der Waals surface area contributed by atoms with Gasteiger partial charge in [0.1, 0.15) is 5.75 Å². The summed E-state index contributed by atoms with van der Waals surface area (Å²) in [4.78, 5) is 12.9. The van der Waals surface area contributed by atoms with Crippen molar-refractivity contribution in [2.75, 3.05) is 17.7 Å². The fraction of sp³-hybridized carbons (Fsp3) is 0.0476. The van der Waals surface area contributed by atoms with Crippen LogP contribution in [0.2, 0.25) is 5.02 Å². The summed E-state index contributed by atoms with van der Waals surface area (Å²) in [6.07, 6.45) is 0. The Balaban J connectivity index is 1.62. The summed E-state index contributed by atoms with van der Waals surface area (Å²) in [6.45, 7) is 0. The summed E-state index contributed by atoms with van der Waals surface area (Å²) < 4.78 is 5.85. The lowest BCUT2D eigenvalue weighted by Crippen LogP contribution is -2.05. The molecule has 0 unspecified atom stereocenters. The molecule has 7 nitrogen and oxygen atoms in total. The molecule has 0 atom stereocenters. The number of benzene rings is 3. The zero-order valence-corrected chi connectivity index (χ0v) is 16.1. The Morgan fingerprint density at radius 3 is 2.52 bits per heavy atom. The van der Waals surface area contributed by atoms with Crippen molar-refractivity contribution in [3.05, 3.63) is 71.2 Å². The Morgan fingerprint density at radius 1 is 0.966 bits per heavy atom. The van der Waals surface area contributed by atoms with Crippen LogP contribution in [0.3, 0.4) is 0 Å². The minimum atomic E-state index is 0.131. The van der Waals surface area contributed by atoms with Gasteiger partial charge in [0.2, 0.25) is 11.9 Å². The standard InChI is InChI=1S/C21H15ClN6O/c1-24-19-26-20(25-15-8-5-13(12-23)6-9-15)28-21(27-19)29-16-10-7-14-3-2-4-18(22)17(14)11-16/h2-11H,1H3,(H2,24,25,26,27,28). The number of aromatic nitrogens is 3. The SMILES string of the molecule is CNc1nc(Nc2ccc(C#N)cc2)nc(Oc2ccc3cccc(Cl)c3c2)n1. The van der Waals surface area contributed by atoms with E-state index in [1.807, 2.05) is 36.4 Å². The van der Waals surface area contributed by atoms with Crippen LogP contribution in [-0.4, -0.2) is 22.0 Å². The van der Waals surface area contributed by atoms with Crippen LogP contribution >= 0.6 is 11.6 Å². The average Bonchev–Trinajstić information content (AvgIpc) is 2.75. The first-order valence-electron chi connectivity index (χ1n) is 8.72. The van der Waals surface area contributed by atoms with E-state index < -0.39 is 0 Å². The van der Waals surface area contributed by atoms with Crippen molar-refractivity contribution in [3.63, 3.8) is 0 Å². The molecule has 0 bridgehead atoms. The Hall–Kier alpha value is -3.89. The highest BCUT2D eigenvalue weighted by Gasteiger charge is 2.10. The van der Waals surface area contributed by atoms with E-state index >= 15 is 0 Å². The van der Waals surface area contributed by atoms with Gasteiger partial charge in [-0.2, -0.15) is 20.2 Å². The molecule has 0 amide bonds. The predicted octanol–water partition coefficient (Wildman–Crippen LogP) is 5.13. The van der Waals surface area contributed by atoms with Crippen LogP contribution in [0.5, 0.6) is 11.8 Å². The molecule has 0 aliphatic carbocycles. The minimum Gasteiger partial charge on any atom is -0.424 e. The van der Waals surface area contributed by atoms with Crippen molar-refractivity contribution in [1.82, 2.24) is 15.0 Å². The summed E-state index contributed by atoms with van der Waals surface area (Å²) in [7, 11) is 1.71. The van der Waals surface area contributed by atoms with Crippen LogP contribution in [0.25, 0.3) is 10.8 Å². The van der Waals surface area contributed by atoms with Crippen molar-refractivity contribution in [2.45, 2.75) is 0 Å². The van der Waals surface area contributed by atoms with Crippen molar-refractivity contribution in [3.8, 4) is 17.8 Å². The predicted molar refractivity (Wildman–Crippen MR) is 113 cm³/mol. The molecule has 0 spiro atoms. The van der Waals surface area contributed by atoms with Crippen LogP contribution in [0.15, 0.2) is 60.7 Å². The molecular weight excluding hydrogens is 388 g/mol. The molecular formula is C21H15ClN6O. The average molecular weight is 403 g/mol. The van der Waals surface area contributed by atoms with E-state index in [0.717, 1.165) is 16.5 Å². The summed E-state index contributed by atoms with van der Waals surface area (Å²) in [5.74, 6) is 1.22. The molecule has 4 rings (SSSR count). The fourth-order valence-electron chi connectivity index (χ4n) is 2.71. The van der Waals surface area contributed by atoms with Crippen LogP contribution in [0.4, 0.5) is 17.6 Å². The first kappa shape index (κ1) is 18.5. The molecule has 2 N–H and O–H groups in total. The molecule has 0 radical (unpaired) electrons. The third kappa shape index (κ3) is 4.18. The number of anilines is 3. The monoisotopic (exact) mass is 402 g/mol. The largest absolute Gasteiger partial charge is 0.424 e. The van der Waals surface area contributed by atoms with Gasteiger partial charge in [-0.3, -0.25) is 0 Å². The summed E-state index contributed by atoms with van der Waals surface area (Å²) in [5, 5.41) is 17.4. The van der Waals surface area contributed by atoms with Gasteiger partial charge in [0.05, 0.1) is 11.6 Å². The Kier molecular flexibility index (Phi) is 5.10. The van der Waals surface area contributed by atoms with E-state index in [9.17, 15) is 0 Å². The van der Waals surface area contributed by atoms with E-state index in [-0.39, 0.29) is 6.01 Å². The van der Waals surface area contributed by atoms with Crippen LogP contribution < -0.4 is 15.4 Å². The maximum absolute atomic E-state index is 8.91. The maximum Gasteiger partial charge on any atom is 0.328 e. The van der Waals surface area contributed by atoms with E-state index in [0.29, 0.717) is 28.2 Å². The highest BCUT2D eigenvalue weighted by Crippen LogP contribution is 2.29. The molecule has 0 saturated carbocycles. The molecule has 0 fully saturated rings. The normalized spacial score (nSPS) is 10.4. The lowest BCUT2D eigenvalue weighted by atomic mass is 10.1. The second kappa shape index (κ2) is 8.00. The molecule has 0 saturated heterocycles. The number of nitrogens with zero attached hydrogens (tertiary/aromatic N) is 4. The summed E-state index contributed by atoms with van der Waals surface area (Å²) >= 11 is 6.28. The van der Waals surface area contributed by atoms with Crippen molar-refractivity contribution in [1.29, 1.82) is 5.26 Å². The van der Waals surface area contributed by atoms with Gasteiger partial charge in [-0.15, -0.1) is 0 Å². The van der Waals surface area contributed by atoms with E-state index in [4.69, 9.17) is 21.6 Å². The molecule has 29 heavy (non-hydrogen) atoms. The first-order valence-corrected chi connectivity index (χ1v) is 9.09. The van der Waals surface area contributed by atoms with E-state index in [2.05, 4.69) is 31.7 Å². The van der Waals surface area contributed by atoms with Gasteiger partial charge in [-0.05, 0) is 47.9 Å². The Labute approximate surface area is 172 Å². The third-order valence-corrected chi connectivity index (χ3v) is 4.45. The molecule has 3 aromatic carbocycles. The molecule has 1 heterocycles. The van der Waals surface area contributed by atoms with Crippen molar-refractivity contribution in [2.24, 2.45) is 0 Å². The van der Waals surface area contributed by atoms with Crippen LogP contribution in [0.1, 0.15) is 5.56 Å². The molecule has 1 aromatic heterocycles. The molecule has 8 heteroatoms. The lowest BCUT2D eigenvalue weighted by molar-refractivity contribution is 0.442. The van der Waals surface area contributed by atoms with Gasteiger partial charge in [0.25, 0.3) is 0 Å². The number of fused-ring (bicyclic) bond motifs is 1. The zero-order valence-electron chi connectivity index (χ0n) is 15.3. The molecule has 142 valence electrons.